The molecule has 0 radical (unpaired) electrons. The Balaban J connectivity index is 2.52. The Labute approximate surface area is 109 Å². The Hall–Kier alpha value is -1.55. The largest absolute Gasteiger partial charge is 0.399 e. The smallest absolute Gasteiger partial charge is 0.238 e. The Morgan fingerprint density at radius 1 is 1.39 bits per heavy atom. The topological polar surface area (TPSA) is 58.4 Å². The highest BCUT2D eigenvalue weighted by atomic mass is 16.2. The van der Waals surface area contributed by atoms with Gasteiger partial charge in [-0.2, -0.15) is 0 Å². The van der Waals surface area contributed by atoms with Crippen molar-refractivity contribution in [3.05, 3.63) is 24.3 Å². The molecule has 4 nitrogen and oxygen atoms in total. The summed E-state index contributed by atoms with van der Waals surface area (Å²) < 4.78 is 0. The SMILES string of the molecule is CC(C)C(C)N(C)CC(=O)Nc1cccc(N)c1. The molecule has 1 unspecified atom stereocenters. The first-order valence-corrected chi connectivity index (χ1v) is 6.25. The van der Waals surface area contributed by atoms with E-state index in [1.807, 2.05) is 24.1 Å². The van der Waals surface area contributed by atoms with E-state index >= 15 is 0 Å². The van der Waals surface area contributed by atoms with Crippen molar-refractivity contribution < 1.29 is 4.79 Å². The molecular weight excluding hydrogens is 226 g/mol. The van der Waals surface area contributed by atoms with Crippen molar-refractivity contribution in [2.24, 2.45) is 5.92 Å². The molecule has 4 heteroatoms. The number of carbonyl (C=O) groups is 1. The van der Waals surface area contributed by atoms with Crippen molar-refractivity contribution in [1.29, 1.82) is 0 Å². The summed E-state index contributed by atoms with van der Waals surface area (Å²) in [4.78, 5) is 13.9. The number of nitrogen functional groups attached to an aromatic ring is 1. The molecule has 0 heterocycles. The van der Waals surface area contributed by atoms with Gasteiger partial charge in [0.05, 0.1) is 6.54 Å². The van der Waals surface area contributed by atoms with E-state index in [2.05, 4.69) is 26.1 Å². The van der Waals surface area contributed by atoms with E-state index in [1.165, 1.54) is 0 Å². The maximum atomic E-state index is 11.9. The van der Waals surface area contributed by atoms with Gasteiger partial charge in [0.15, 0.2) is 0 Å². The number of hydrogen-bond donors (Lipinski definition) is 2. The summed E-state index contributed by atoms with van der Waals surface area (Å²) in [6.45, 7) is 6.81. The van der Waals surface area contributed by atoms with Gasteiger partial charge >= 0.3 is 0 Å². The van der Waals surface area contributed by atoms with E-state index in [0.29, 0.717) is 24.2 Å². The second kappa shape index (κ2) is 6.40. The number of nitrogens with zero attached hydrogens (tertiary/aromatic N) is 1. The molecule has 0 saturated heterocycles. The van der Waals surface area contributed by atoms with Crippen LogP contribution in [0.15, 0.2) is 24.3 Å². The molecule has 0 bridgehead atoms. The zero-order valence-electron chi connectivity index (χ0n) is 11.6. The molecule has 100 valence electrons. The highest BCUT2D eigenvalue weighted by molar-refractivity contribution is 5.92. The third-order valence-corrected chi connectivity index (χ3v) is 3.22. The summed E-state index contributed by atoms with van der Waals surface area (Å²) >= 11 is 0. The van der Waals surface area contributed by atoms with Crippen molar-refractivity contribution >= 4 is 17.3 Å². The van der Waals surface area contributed by atoms with Crippen LogP contribution in [0.2, 0.25) is 0 Å². The van der Waals surface area contributed by atoms with Crippen LogP contribution in [-0.4, -0.2) is 30.4 Å². The monoisotopic (exact) mass is 249 g/mol. The van der Waals surface area contributed by atoms with Gasteiger partial charge in [-0.15, -0.1) is 0 Å². The summed E-state index contributed by atoms with van der Waals surface area (Å²) in [7, 11) is 1.96. The highest BCUT2D eigenvalue weighted by Crippen LogP contribution is 2.12. The lowest BCUT2D eigenvalue weighted by atomic mass is 10.1. The van der Waals surface area contributed by atoms with Gasteiger partial charge in [-0.3, -0.25) is 9.69 Å². The molecule has 0 aliphatic carbocycles. The Morgan fingerprint density at radius 2 is 2.06 bits per heavy atom. The molecule has 0 aliphatic rings. The maximum absolute atomic E-state index is 11.9. The third kappa shape index (κ3) is 4.37. The normalized spacial score (nSPS) is 12.8. The second-order valence-electron chi connectivity index (χ2n) is 5.07. The van der Waals surface area contributed by atoms with Gasteiger partial charge in [-0.25, -0.2) is 0 Å². The lowest BCUT2D eigenvalue weighted by molar-refractivity contribution is -0.117. The summed E-state index contributed by atoms with van der Waals surface area (Å²) in [5.74, 6) is 0.505. The highest BCUT2D eigenvalue weighted by Gasteiger charge is 2.15. The minimum absolute atomic E-state index is 0.0180. The fraction of sp³-hybridized carbons (Fsp3) is 0.500. The molecule has 0 saturated carbocycles. The number of hydrogen-bond acceptors (Lipinski definition) is 3. The van der Waals surface area contributed by atoms with Gasteiger partial charge in [0, 0.05) is 17.4 Å². The van der Waals surface area contributed by atoms with Crippen LogP contribution < -0.4 is 11.1 Å². The number of amides is 1. The van der Waals surface area contributed by atoms with Gasteiger partial charge in [0.25, 0.3) is 0 Å². The summed E-state index contributed by atoms with van der Waals surface area (Å²) in [6.07, 6.45) is 0. The first-order valence-electron chi connectivity index (χ1n) is 6.25. The number of rotatable bonds is 5. The summed E-state index contributed by atoms with van der Waals surface area (Å²) in [6, 6.07) is 7.58. The summed E-state index contributed by atoms with van der Waals surface area (Å²) in [5.41, 5.74) is 7.05. The lowest BCUT2D eigenvalue weighted by Gasteiger charge is -2.27. The standard InChI is InChI=1S/C14H23N3O/c1-10(2)11(3)17(4)9-14(18)16-13-7-5-6-12(15)8-13/h5-8,10-11H,9,15H2,1-4H3,(H,16,18). The number of benzene rings is 1. The van der Waals surface area contributed by atoms with Gasteiger partial charge < -0.3 is 11.1 Å². The molecule has 18 heavy (non-hydrogen) atoms. The van der Waals surface area contributed by atoms with Crippen molar-refractivity contribution in [3.8, 4) is 0 Å². The van der Waals surface area contributed by atoms with Crippen molar-refractivity contribution in [2.45, 2.75) is 26.8 Å². The van der Waals surface area contributed by atoms with E-state index in [-0.39, 0.29) is 5.91 Å². The van der Waals surface area contributed by atoms with Crippen LogP contribution in [-0.2, 0) is 4.79 Å². The molecule has 1 amide bonds. The number of nitrogens with two attached hydrogens (primary N) is 1. The van der Waals surface area contributed by atoms with Gasteiger partial charge in [-0.1, -0.05) is 19.9 Å². The van der Waals surface area contributed by atoms with Gasteiger partial charge in [0.1, 0.15) is 0 Å². The minimum atomic E-state index is -0.0180. The second-order valence-corrected chi connectivity index (χ2v) is 5.07. The van der Waals surface area contributed by atoms with E-state index in [9.17, 15) is 4.79 Å². The average Bonchev–Trinajstić information content (AvgIpc) is 2.27. The molecule has 1 atom stereocenters. The van der Waals surface area contributed by atoms with Crippen molar-refractivity contribution in [1.82, 2.24) is 4.90 Å². The quantitative estimate of drug-likeness (QED) is 0.786. The van der Waals surface area contributed by atoms with Crippen LogP contribution in [0.5, 0.6) is 0 Å². The van der Waals surface area contributed by atoms with E-state index < -0.39 is 0 Å². The zero-order chi connectivity index (χ0) is 13.7. The number of anilines is 2. The van der Waals surface area contributed by atoms with Crippen LogP contribution in [0, 0.1) is 5.92 Å². The predicted octanol–water partition coefficient (Wildman–Crippen LogP) is 2.18. The van der Waals surface area contributed by atoms with E-state index in [0.717, 1.165) is 5.69 Å². The fourth-order valence-electron chi connectivity index (χ4n) is 1.70. The zero-order valence-corrected chi connectivity index (χ0v) is 11.6. The third-order valence-electron chi connectivity index (χ3n) is 3.22. The number of carbonyl (C=O) groups excluding carboxylic acids is 1. The van der Waals surface area contributed by atoms with Crippen LogP contribution in [0.25, 0.3) is 0 Å². The van der Waals surface area contributed by atoms with Crippen LogP contribution >= 0.6 is 0 Å². The maximum Gasteiger partial charge on any atom is 0.238 e. The van der Waals surface area contributed by atoms with Gasteiger partial charge in [0.2, 0.25) is 5.91 Å². The van der Waals surface area contributed by atoms with Crippen LogP contribution in [0.3, 0.4) is 0 Å². The first kappa shape index (κ1) is 14.5. The summed E-state index contributed by atoms with van der Waals surface area (Å²) in [5, 5.41) is 2.85. The van der Waals surface area contributed by atoms with Crippen molar-refractivity contribution in [3.63, 3.8) is 0 Å². The lowest BCUT2D eigenvalue weighted by Crippen LogP contribution is -2.39. The Bertz CT molecular complexity index is 404. The van der Waals surface area contributed by atoms with Crippen LogP contribution in [0.1, 0.15) is 20.8 Å². The Kier molecular flexibility index (Phi) is 5.16. The molecule has 0 aliphatic heterocycles. The Morgan fingerprint density at radius 3 is 2.61 bits per heavy atom. The first-order chi connectivity index (χ1) is 8.40. The van der Waals surface area contributed by atoms with Crippen LogP contribution in [0.4, 0.5) is 11.4 Å². The number of likely N-dealkylation sites (N-methyl/N-ethyl adjacent to an activating group) is 1. The molecular formula is C14H23N3O. The molecule has 0 aromatic heterocycles. The molecule has 1 rings (SSSR count). The van der Waals surface area contributed by atoms with Crippen molar-refractivity contribution in [2.75, 3.05) is 24.6 Å². The molecule has 0 fully saturated rings. The molecule has 1 aromatic carbocycles. The molecule has 3 N–H and O–H groups in total. The molecule has 1 aromatic rings. The van der Waals surface area contributed by atoms with E-state index in [4.69, 9.17) is 5.73 Å². The predicted molar refractivity (Wildman–Crippen MR) is 76.4 cm³/mol. The number of nitrogens with one attached hydrogen (secondary N) is 1. The minimum Gasteiger partial charge on any atom is -0.399 e. The average molecular weight is 249 g/mol. The molecule has 0 spiro atoms. The fourth-order valence-corrected chi connectivity index (χ4v) is 1.70. The van der Waals surface area contributed by atoms with Gasteiger partial charge in [-0.05, 0) is 38.1 Å². The van der Waals surface area contributed by atoms with E-state index in [1.54, 1.807) is 12.1 Å².